The van der Waals surface area contributed by atoms with E-state index in [4.69, 9.17) is 0 Å². The third-order valence-electron chi connectivity index (χ3n) is 9.50. The lowest BCUT2D eigenvalue weighted by Gasteiger charge is -2.31. The molecular weight excluding hydrogens is 567 g/mol. The van der Waals surface area contributed by atoms with Crippen LogP contribution in [0, 0.1) is 0 Å². The van der Waals surface area contributed by atoms with Gasteiger partial charge >= 0.3 is 0 Å². The summed E-state index contributed by atoms with van der Waals surface area (Å²) in [5.41, 5.74) is 12.6. The fourth-order valence-corrected chi connectivity index (χ4v) is 7.04. The summed E-state index contributed by atoms with van der Waals surface area (Å²) in [6.45, 7) is 0. The van der Waals surface area contributed by atoms with E-state index in [9.17, 15) is 0 Å². The molecule has 0 amide bonds. The van der Waals surface area contributed by atoms with Gasteiger partial charge in [0.05, 0.1) is 5.69 Å². The predicted molar refractivity (Wildman–Crippen MR) is 201 cm³/mol. The summed E-state index contributed by atoms with van der Waals surface area (Å²) in [5.74, 6) is 0.380. The van der Waals surface area contributed by atoms with E-state index in [1.165, 1.54) is 66.8 Å². The van der Waals surface area contributed by atoms with Gasteiger partial charge in [-0.1, -0.05) is 158 Å². The van der Waals surface area contributed by atoms with Crippen molar-refractivity contribution in [3.05, 3.63) is 199 Å². The second-order valence-corrected chi connectivity index (χ2v) is 12.4. The zero-order valence-electron chi connectivity index (χ0n) is 26.5. The SMILES string of the molecule is C1=CCCC(c2cc(N(C3=CCC(c4ccccc4)C=C3)c3cccc4ccccc34)ccc2-c2ccc(-c3ccccc3)cc2)=C1. The van der Waals surface area contributed by atoms with Crippen LogP contribution in [0.5, 0.6) is 0 Å². The average Bonchev–Trinajstić information content (AvgIpc) is 3.16. The molecule has 0 aliphatic heterocycles. The van der Waals surface area contributed by atoms with Gasteiger partial charge in [0.25, 0.3) is 0 Å². The molecule has 6 aromatic rings. The standard InChI is InChI=1S/C46H37N/c1-4-13-34(14-5-1)36-23-25-40(26-24-36)43-32-31-42(33-45(43)39-17-8-3-9-18-39)47(46-22-12-20-38-19-10-11-21-44(38)46)41-29-27-37(28-30-41)35-15-6-2-7-16-35/h1-8,10-17,19-27,29-33,37H,9,18,28H2. The van der Waals surface area contributed by atoms with E-state index in [-0.39, 0.29) is 0 Å². The Morgan fingerprint density at radius 2 is 1.32 bits per heavy atom. The van der Waals surface area contributed by atoms with E-state index in [1.54, 1.807) is 0 Å². The average molecular weight is 604 g/mol. The maximum absolute atomic E-state index is 2.46. The highest BCUT2D eigenvalue weighted by molar-refractivity contribution is 5.98. The lowest BCUT2D eigenvalue weighted by Crippen LogP contribution is -2.18. The van der Waals surface area contributed by atoms with Crippen molar-refractivity contribution < 1.29 is 0 Å². The summed E-state index contributed by atoms with van der Waals surface area (Å²) in [7, 11) is 0. The van der Waals surface area contributed by atoms with Crippen LogP contribution >= 0.6 is 0 Å². The van der Waals surface area contributed by atoms with Crippen molar-refractivity contribution in [1.29, 1.82) is 0 Å². The van der Waals surface area contributed by atoms with Crippen LogP contribution in [-0.2, 0) is 0 Å². The van der Waals surface area contributed by atoms with Crippen LogP contribution in [-0.4, -0.2) is 0 Å². The maximum atomic E-state index is 2.46. The van der Waals surface area contributed by atoms with Gasteiger partial charge in [-0.15, -0.1) is 0 Å². The largest absolute Gasteiger partial charge is 0.310 e. The molecule has 2 aliphatic rings. The fourth-order valence-electron chi connectivity index (χ4n) is 7.04. The van der Waals surface area contributed by atoms with Gasteiger partial charge < -0.3 is 4.90 Å². The molecule has 0 aromatic heterocycles. The molecule has 6 aromatic carbocycles. The summed E-state index contributed by atoms with van der Waals surface area (Å²) in [6, 6.07) is 53.0. The van der Waals surface area contributed by atoms with Gasteiger partial charge in [0.15, 0.2) is 0 Å². The van der Waals surface area contributed by atoms with Gasteiger partial charge in [-0.3, -0.25) is 0 Å². The predicted octanol–water partition coefficient (Wildman–Crippen LogP) is 12.7. The van der Waals surface area contributed by atoms with Gasteiger partial charge in [0, 0.05) is 22.7 Å². The molecule has 2 aliphatic carbocycles. The molecule has 1 atom stereocenters. The van der Waals surface area contributed by atoms with Crippen molar-refractivity contribution in [2.24, 2.45) is 0 Å². The van der Waals surface area contributed by atoms with Crippen molar-refractivity contribution in [3.63, 3.8) is 0 Å². The Morgan fingerprint density at radius 1 is 0.596 bits per heavy atom. The molecule has 47 heavy (non-hydrogen) atoms. The number of hydrogen-bond donors (Lipinski definition) is 0. The Labute approximate surface area is 278 Å². The van der Waals surface area contributed by atoms with E-state index in [2.05, 4.69) is 187 Å². The van der Waals surface area contributed by atoms with Crippen LogP contribution in [0.3, 0.4) is 0 Å². The number of anilines is 2. The second kappa shape index (κ2) is 13.0. The van der Waals surface area contributed by atoms with Crippen molar-refractivity contribution in [1.82, 2.24) is 0 Å². The van der Waals surface area contributed by atoms with Gasteiger partial charge in [0.2, 0.25) is 0 Å². The van der Waals surface area contributed by atoms with Crippen LogP contribution < -0.4 is 4.90 Å². The Hall–Kier alpha value is -5.66. The van der Waals surface area contributed by atoms with Crippen molar-refractivity contribution in [2.75, 3.05) is 4.90 Å². The number of benzene rings is 6. The number of rotatable bonds is 7. The summed E-state index contributed by atoms with van der Waals surface area (Å²) in [6.07, 6.45) is 17.0. The zero-order chi connectivity index (χ0) is 31.4. The first-order valence-electron chi connectivity index (χ1n) is 16.7. The quantitative estimate of drug-likeness (QED) is 0.175. The van der Waals surface area contributed by atoms with Crippen LogP contribution in [0.2, 0.25) is 0 Å². The first-order valence-corrected chi connectivity index (χ1v) is 16.7. The second-order valence-electron chi connectivity index (χ2n) is 12.4. The van der Waals surface area contributed by atoms with Gasteiger partial charge in [0.1, 0.15) is 0 Å². The molecule has 1 unspecified atom stereocenters. The topological polar surface area (TPSA) is 3.24 Å². The van der Waals surface area contributed by atoms with E-state index < -0.39 is 0 Å². The molecule has 0 saturated carbocycles. The number of hydrogen-bond acceptors (Lipinski definition) is 1. The van der Waals surface area contributed by atoms with Gasteiger partial charge in [-0.25, -0.2) is 0 Å². The Kier molecular flexibility index (Phi) is 7.95. The third-order valence-corrected chi connectivity index (χ3v) is 9.50. The van der Waals surface area contributed by atoms with Crippen LogP contribution in [0.25, 0.3) is 38.6 Å². The highest BCUT2D eigenvalue weighted by Crippen LogP contribution is 2.42. The maximum Gasteiger partial charge on any atom is 0.0539 e. The molecule has 0 heterocycles. The molecule has 0 bridgehead atoms. The number of nitrogens with zero attached hydrogens (tertiary/aromatic N) is 1. The minimum atomic E-state index is 0.380. The molecule has 8 rings (SSSR count). The molecule has 1 heteroatoms. The summed E-state index contributed by atoms with van der Waals surface area (Å²) >= 11 is 0. The summed E-state index contributed by atoms with van der Waals surface area (Å²) < 4.78 is 0. The van der Waals surface area contributed by atoms with Crippen LogP contribution in [0.4, 0.5) is 11.4 Å². The van der Waals surface area contributed by atoms with Crippen molar-refractivity contribution >= 4 is 27.7 Å². The number of allylic oxidation sites excluding steroid dienone is 7. The van der Waals surface area contributed by atoms with Crippen LogP contribution in [0.1, 0.15) is 36.3 Å². The molecule has 1 nitrogen and oxygen atoms in total. The van der Waals surface area contributed by atoms with E-state index in [0.717, 1.165) is 19.3 Å². The van der Waals surface area contributed by atoms with Gasteiger partial charge in [-0.05, 0) is 87.9 Å². The smallest absolute Gasteiger partial charge is 0.0539 e. The van der Waals surface area contributed by atoms with E-state index in [1.807, 2.05) is 0 Å². The molecule has 0 fully saturated rings. The molecule has 0 radical (unpaired) electrons. The minimum absolute atomic E-state index is 0.380. The molecule has 226 valence electrons. The highest BCUT2D eigenvalue weighted by atomic mass is 15.1. The summed E-state index contributed by atoms with van der Waals surface area (Å²) in [4.78, 5) is 2.46. The molecular formula is C46H37N. The Balaban J connectivity index is 1.25. The Morgan fingerprint density at radius 3 is 2.09 bits per heavy atom. The number of fused-ring (bicyclic) bond motifs is 1. The van der Waals surface area contributed by atoms with Crippen molar-refractivity contribution in [2.45, 2.75) is 25.2 Å². The third kappa shape index (κ3) is 5.89. The Bertz CT molecular complexity index is 2140. The van der Waals surface area contributed by atoms with Crippen molar-refractivity contribution in [3.8, 4) is 22.3 Å². The van der Waals surface area contributed by atoms with Gasteiger partial charge in [-0.2, -0.15) is 0 Å². The molecule has 0 N–H and O–H groups in total. The van der Waals surface area contributed by atoms with E-state index >= 15 is 0 Å². The first kappa shape index (κ1) is 28.8. The monoisotopic (exact) mass is 603 g/mol. The highest BCUT2D eigenvalue weighted by Gasteiger charge is 2.22. The lowest BCUT2D eigenvalue weighted by molar-refractivity contribution is 0.840. The van der Waals surface area contributed by atoms with E-state index in [0.29, 0.717) is 5.92 Å². The normalized spacial score (nSPS) is 15.7. The minimum Gasteiger partial charge on any atom is -0.310 e. The molecule has 0 spiro atoms. The first-order chi connectivity index (χ1) is 23.3. The fraction of sp³-hybridized carbons (Fsp3) is 0.0870. The zero-order valence-corrected chi connectivity index (χ0v) is 26.5. The molecule has 0 saturated heterocycles. The summed E-state index contributed by atoms with van der Waals surface area (Å²) in [5, 5.41) is 2.49. The lowest BCUT2D eigenvalue weighted by atomic mass is 9.88. The van der Waals surface area contributed by atoms with Crippen LogP contribution in [0.15, 0.2) is 188 Å².